The van der Waals surface area contributed by atoms with E-state index in [0.29, 0.717) is 0 Å². The van der Waals surface area contributed by atoms with Gasteiger partial charge in [0.25, 0.3) is 0 Å². The number of anilines is 2. The maximum Gasteiger partial charge on any atom is 0.214 e. The molecule has 2 N–H and O–H groups in total. The minimum Gasteiger partial charge on any atom is -1.00 e. The van der Waals surface area contributed by atoms with Crippen LogP contribution in [0.3, 0.4) is 0 Å². The number of pyridine rings is 2. The molecule has 0 saturated heterocycles. The maximum atomic E-state index is 3.63. The lowest BCUT2D eigenvalue weighted by atomic mass is 10.1. The van der Waals surface area contributed by atoms with Crippen LogP contribution in [0.4, 0.5) is 11.4 Å². The van der Waals surface area contributed by atoms with Gasteiger partial charge in [0.05, 0.1) is 28.6 Å². The van der Waals surface area contributed by atoms with Crippen molar-refractivity contribution >= 4 is 33.2 Å². The predicted molar refractivity (Wildman–Crippen MR) is 114 cm³/mol. The van der Waals surface area contributed by atoms with Crippen LogP contribution in [-0.4, -0.2) is 13.1 Å². The molecule has 0 saturated carbocycles. The van der Waals surface area contributed by atoms with Crippen molar-refractivity contribution in [2.24, 2.45) is 0 Å². The SMILES string of the molecule is [I-].[I-].c1ccc2c(c1)c1cc[n+]2CCC[n+]2ccc(c3ccccc32)NCCCN1. The second kappa shape index (κ2) is 10.6. The molecule has 4 nitrogen and oxygen atoms in total. The molecule has 0 radical (unpaired) electrons. The summed E-state index contributed by atoms with van der Waals surface area (Å²) >= 11 is 0. The van der Waals surface area contributed by atoms with Crippen molar-refractivity contribution in [3.8, 4) is 0 Å². The number of fused-ring (bicyclic) bond motifs is 8. The molecule has 2 aromatic carbocycles. The highest BCUT2D eigenvalue weighted by atomic mass is 127. The molecule has 4 bridgehead atoms. The summed E-state index contributed by atoms with van der Waals surface area (Å²) in [4.78, 5) is 0. The number of nitrogens with one attached hydrogen (secondary N) is 2. The van der Waals surface area contributed by atoms with Gasteiger partial charge in [0, 0.05) is 37.4 Å². The van der Waals surface area contributed by atoms with E-state index in [9.17, 15) is 0 Å². The van der Waals surface area contributed by atoms with Gasteiger partial charge >= 0.3 is 0 Å². The smallest absolute Gasteiger partial charge is 0.214 e. The zero-order valence-corrected chi connectivity index (χ0v) is 21.1. The second-order valence-corrected chi connectivity index (χ2v) is 7.44. The Kier molecular flexibility index (Phi) is 8.10. The van der Waals surface area contributed by atoms with Crippen molar-refractivity contribution in [2.45, 2.75) is 25.9 Å². The zero-order chi connectivity index (χ0) is 18.8. The number of aryl methyl sites for hydroxylation is 2. The molecule has 0 spiro atoms. The van der Waals surface area contributed by atoms with E-state index in [1.165, 1.54) is 33.2 Å². The van der Waals surface area contributed by atoms with Crippen LogP contribution in [0.25, 0.3) is 21.8 Å². The predicted octanol–water partition coefficient (Wildman–Crippen LogP) is -2.11. The van der Waals surface area contributed by atoms with Crippen molar-refractivity contribution in [1.82, 2.24) is 0 Å². The van der Waals surface area contributed by atoms with Gasteiger partial charge in [-0.2, -0.15) is 9.13 Å². The lowest BCUT2D eigenvalue weighted by molar-refractivity contribution is -0.702. The fourth-order valence-corrected chi connectivity index (χ4v) is 4.22. The number of para-hydroxylation sites is 2. The van der Waals surface area contributed by atoms with E-state index in [1.807, 2.05) is 0 Å². The summed E-state index contributed by atoms with van der Waals surface area (Å²) in [5.41, 5.74) is 5.04. The van der Waals surface area contributed by atoms with Gasteiger partial charge in [-0.3, -0.25) is 0 Å². The van der Waals surface area contributed by atoms with Crippen LogP contribution in [0, 0.1) is 0 Å². The number of nitrogens with zero attached hydrogens (tertiary/aromatic N) is 2. The van der Waals surface area contributed by atoms with Crippen molar-refractivity contribution in [3.05, 3.63) is 73.1 Å². The Bertz CT molecular complexity index is 1060. The van der Waals surface area contributed by atoms with Crippen LogP contribution in [-0.2, 0) is 13.1 Å². The lowest BCUT2D eigenvalue weighted by Crippen LogP contribution is -3.00. The van der Waals surface area contributed by atoms with Crippen molar-refractivity contribution < 1.29 is 57.1 Å². The van der Waals surface area contributed by atoms with Gasteiger partial charge < -0.3 is 58.6 Å². The number of hydrogen-bond acceptors (Lipinski definition) is 2. The Labute approximate surface area is 211 Å². The van der Waals surface area contributed by atoms with Gasteiger partial charge in [-0.05, 0) is 18.6 Å². The summed E-state index contributed by atoms with van der Waals surface area (Å²) in [5, 5.41) is 9.87. The molecule has 4 aromatic rings. The number of benzene rings is 2. The molecule has 0 aliphatic carbocycles. The summed E-state index contributed by atoms with van der Waals surface area (Å²) in [7, 11) is 0. The highest BCUT2D eigenvalue weighted by Crippen LogP contribution is 2.22. The summed E-state index contributed by atoms with van der Waals surface area (Å²) in [5.74, 6) is 0. The first kappa shape index (κ1) is 23.0. The van der Waals surface area contributed by atoms with Gasteiger partial charge in [0.15, 0.2) is 25.5 Å². The van der Waals surface area contributed by atoms with Crippen LogP contribution in [0.5, 0.6) is 0 Å². The Morgan fingerprint density at radius 3 is 1.53 bits per heavy atom. The first-order valence-electron chi connectivity index (χ1n) is 10.2. The Morgan fingerprint density at radius 1 is 0.567 bits per heavy atom. The Hall–Kier alpha value is -1.68. The second-order valence-electron chi connectivity index (χ2n) is 7.44. The third kappa shape index (κ3) is 4.64. The molecular formula is C24H26I2N4. The summed E-state index contributed by atoms with van der Waals surface area (Å²) in [6.07, 6.45) is 6.59. The molecule has 0 unspecified atom stereocenters. The fraction of sp³-hybridized carbons (Fsp3) is 0.250. The maximum absolute atomic E-state index is 3.63. The molecule has 0 fully saturated rings. The average Bonchev–Trinajstić information content (AvgIpc) is 2.74. The average molecular weight is 624 g/mol. The lowest BCUT2D eigenvalue weighted by Gasteiger charge is -2.12. The number of hydrogen-bond donors (Lipinski definition) is 2. The molecule has 156 valence electrons. The Balaban J connectivity index is 0.00000128. The zero-order valence-electron chi connectivity index (χ0n) is 16.8. The van der Waals surface area contributed by atoms with E-state index < -0.39 is 0 Å². The summed E-state index contributed by atoms with van der Waals surface area (Å²) < 4.78 is 4.76. The van der Waals surface area contributed by atoms with E-state index in [4.69, 9.17) is 0 Å². The van der Waals surface area contributed by atoms with Crippen LogP contribution >= 0.6 is 0 Å². The molecule has 4 heterocycles. The molecule has 6 rings (SSSR count). The van der Waals surface area contributed by atoms with Crippen LogP contribution in [0.2, 0.25) is 0 Å². The number of halogens is 2. The normalized spacial score (nSPS) is 13.9. The molecule has 6 heteroatoms. The molecule has 2 aliphatic rings. The minimum absolute atomic E-state index is 0. The molecule has 30 heavy (non-hydrogen) atoms. The number of rotatable bonds is 0. The van der Waals surface area contributed by atoms with Gasteiger partial charge in [-0.25, -0.2) is 0 Å². The first-order valence-corrected chi connectivity index (χ1v) is 10.2. The molecule has 0 amide bonds. The van der Waals surface area contributed by atoms with Crippen molar-refractivity contribution in [2.75, 3.05) is 23.7 Å². The monoisotopic (exact) mass is 624 g/mol. The van der Waals surface area contributed by atoms with E-state index in [2.05, 4.69) is 92.8 Å². The summed E-state index contributed by atoms with van der Waals surface area (Å²) in [6.45, 7) is 3.90. The van der Waals surface area contributed by atoms with Crippen molar-refractivity contribution in [3.63, 3.8) is 0 Å². The van der Waals surface area contributed by atoms with Crippen LogP contribution in [0.15, 0.2) is 73.1 Å². The largest absolute Gasteiger partial charge is 1.00 e. The minimum atomic E-state index is 0. The van der Waals surface area contributed by atoms with Gasteiger partial charge in [0.2, 0.25) is 11.0 Å². The van der Waals surface area contributed by atoms with E-state index in [1.54, 1.807) is 0 Å². The number of aromatic nitrogens is 2. The van der Waals surface area contributed by atoms with E-state index in [-0.39, 0.29) is 48.0 Å². The van der Waals surface area contributed by atoms with Gasteiger partial charge in [0.1, 0.15) is 0 Å². The molecule has 2 aliphatic heterocycles. The Morgan fingerprint density at radius 2 is 1.03 bits per heavy atom. The molecular weight excluding hydrogens is 598 g/mol. The van der Waals surface area contributed by atoms with Crippen molar-refractivity contribution in [1.29, 1.82) is 0 Å². The third-order valence-electron chi connectivity index (χ3n) is 5.63. The van der Waals surface area contributed by atoms with Gasteiger partial charge in [-0.1, -0.05) is 24.3 Å². The molecule has 0 atom stereocenters. The first-order chi connectivity index (χ1) is 13.9. The van der Waals surface area contributed by atoms with E-state index in [0.717, 1.165) is 39.0 Å². The topological polar surface area (TPSA) is 31.8 Å². The highest BCUT2D eigenvalue weighted by Gasteiger charge is 2.16. The highest BCUT2D eigenvalue weighted by molar-refractivity contribution is 5.89. The third-order valence-corrected chi connectivity index (χ3v) is 5.63. The fourth-order valence-electron chi connectivity index (χ4n) is 4.22. The standard InChI is InChI=1S/C24H24N4.2HI/c1-3-9-23-19(7-1)21-11-17-27(23)15-6-16-28-18-12-22(26-14-5-13-25-21)20-8-2-4-10-24(20)28;;/h1-4,7-12,17-18H,5-6,13-16H2;2*1H. The van der Waals surface area contributed by atoms with Crippen LogP contribution < -0.4 is 67.7 Å². The molecule has 2 aromatic heterocycles. The van der Waals surface area contributed by atoms with Crippen LogP contribution in [0.1, 0.15) is 12.8 Å². The quantitative estimate of drug-likeness (QED) is 0.174. The van der Waals surface area contributed by atoms with Gasteiger partial charge in [-0.15, -0.1) is 0 Å². The summed E-state index contributed by atoms with van der Waals surface area (Å²) in [6, 6.07) is 21.8. The van der Waals surface area contributed by atoms with E-state index >= 15 is 0 Å².